The fourth-order valence-electron chi connectivity index (χ4n) is 1.61. The van der Waals surface area contributed by atoms with E-state index < -0.39 is 6.10 Å². The van der Waals surface area contributed by atoms with Crippen LogP contribution >= 0.6 is 0 Å². The summed E-state index contributed by atoms with van der Waals surface area (Å²) in [5.41, 5.74) is 0.547. The molecule has 0 spiro atoms. The van der Waals surface area contributed by atoms with Gasteiger partial charge in [0.1, 0.15) is 18.3 Å². The SMILES string of the molecule is CC(C)n1ncnc1CC(O)c1cnccn1. The van der Waals surface area contributed by atoms with E-state index in [4.69, 9.17) is 0 Å². The number of hydrogen-bond donors (Lipinski definition) is 1. The van der Waals surface area contributed by atoms with Crippen LogP contribution in [-0.4, -0.2) is 29.8 Å². The molecule has 0 fully saturated rings. The quantitative estimate of drug-likeness (QED) is 0.849. The Morgan fingerprint density at radius 1 is 1.29 bits per heavy atom. The standard InChI is InChI=1S/C11H15N5O/c1-8(2)16-11(14-7-15-16)5-10(17)9-6-12-3-4-13-9/h3-4,6-8,10,17H,5H2,1-2H3. The first-order valence-electron chi connectivity index (χ1n) is 5.51. The van der Waals surface area contributed by atoms with Gasteiger partial charge in [0.2, 0.25) is 0 Å². The minimum absolute atomic E-state index is 0.224. The number of aliphatic hydroxyl groups excluding tert-OH is 1. The Kier molecular flexibility index (Phi) is 3.43. The molecule has 0 radical (unpaired) electrons. The van der Waals surface area contributed by atoms with E-state index in [1.807, 2.05) is 13.8 Å². The van der Waals surface area contributed by atoms with E-state index in [2.05, 4.69) is 20.1 Å². The van der Waals surface area contributed by atoms with Gasteiger partial charge in [-0.1, -0.05) is 0 Å². The molecule has 0 aliphatic rings. The highest BCUT2D eigenvalue weighted by atomic mass is 16.3. The van der Waals surface area contributed by atoms with Crippen molar-refractivity contribution in [2.75, 3.05) is 0 Å². The van der Waals surface area contributed by atoms with Crippen LogP contribution in [0.1, 0.15) is 37.5 Å². The summed E-state index contributed by atoms with van der Waals surface area (Å²) in [6.07, 6.45) is 5.87. The van der Waals surface area contributed by atoms with Crippen molar-refractivity contribution >= 4 is 0 Å². The Labute approximate surface area is 99.4 Å². The Balaban J connectivity index is 2.13. The molecule has 1 atom stereocenters. The molecule has 0 aromatic carbocycles. The van der Waals surface area contributed by atoms with Crippen molar-refractivity contribution in [3.63, 3.8) is 0 Å². The molecule has 2 rings (SSSR count). The first-order chi connectivity index (χ1) is 8.18. The zero-order chi connectivity index (χ0) is 12.3. The van der Waals surface area contributed by atoms with Crippen LogP contribution in [0, 0.1) is 0 Å². The van der Waals surface area contributed by atoms with Crippen molar-refractivity contribution in [1.82, 2.24) is 24.7 Å². The molecular formula is C11H15N5O. The molecule has 6 heteroatoms. The number of aliphatic hydroxyl groups is 1. The van der Waals surface area contributed by atoms with Crippen LogP contribution in [0.4, 0.5) is 0 Å². The Hall–Kier alpha value is -1.82. The Morgan fingerprint density at radius 2 is 2.12 bits per heavy atom. The van der Waals surface area contributed by atoms with E-state index in [-0.39, 0.29) is 6.04 Å². The van der Waals surface area contributed by atoms with Gasteiger partial charge in [0, 0.05) is 24.9 Å². The lowest BCUT2D eigenvalue weighted by Gasteiger charge is -2.12. The summed E-state index contributed by atoms with van der Waals surface area (Å²) in [6.45, 7) is 4.04. The second-order valence-electron chi connectivity index (χ2n) is 4.06. The first-order valence-corrected chi connectivity index (χ1v) is 5.51. The predicted octanol–water partition coefficient (Wildman–Crippen LogP) is 0.925. The summed E-state index contributed by atoms with van der Waals surface area (Å²) in [4.78, 5) is 12.1. The third-order valence-electron chi connectivity index (χ3n) is 2.44. The average molecular weight is 233 g/mol. The van der Waals surface area contributed by atoms with E-state index in [9.17, 15) is 5.11 Å². The molecule has 0 aliphatic heterocycles. The summed E-state index contributed by atoms with van der Waals surface area (Å²) >= 11 is 0. The molecule has 17 heavy (non-hydrogen) atoms. The molecule has 90 valence electrons. The maximum absolute atomic E-state index is 10.0. The van der Waals surface area contributed by atoms with Crippen LogP contribution < -0.4 is 0 Å². The van der Waals surface area contributed by atoms with Crippen molar-refractivity contribution < 1.29 is 5.11 Å². The van der Waals surface area contributed by atoms with Crippen molar-refractivity contribution in [2.24, 2.45) is 0 Å². The minimum atomic E-state index is -0.703. The van der Waals surface area contributed by atoms with Gasteiger partial charge in [0.05, 0.1) is 11.9 Å². The average Bonchev–Trinajstić information content (AvgIpc) is 2.78. The molecule has 0 aliphatic carbocycles. The van der Waals surface area contributed by atoms with Gasteiger partial charge in [-0.3, -0.25) is 9.97 Å². The van der Waals surface area contributed by atoms with Crippen molar-refractivity contribution in [3.05, 3.63) is 36.4 Å². The van der Waals surface area contributed by atoms with Crippen molar-refractivity contribution in [1.29, 1.82) is 0 Å². The number of hydrogen-bond acceptors (Lipinski definition) is 5. The highest BCUT2D eigenvalue weighted by molar-refractivity contribution is 5.03. The summed E-state index contributed by atoms with van der Waals surface area (Å²) in [6, 6.07) is 0.224. The molecular weight excluding hydrogens is 218 g/mol. The highest BCUT2D eigenvalue weighted by Crippen LogP contribution is 2.15. The molecule has 2 heterocycles. The third-order valence-corrected chi connectivity index (χ3v) is 2.44. The lowest BCUT2D eigenvalue weighted by Crippen LogP contribution is -2.13. The maximum Gasteiger partial charge on any atom is 0.138 e. The largest absolute Gasteiger partial charge is 0.386 e. The van der Waals surface area contributed by atoms with Gasteiger partial charge >= 0.3 is 0 Å². The summed E-state index contributed by atoms with van der Waals surface area (Å²) in [5.74, 6) is 0.748. The predicted molar refractivity (Wildman–Crippen MR) is 61.1 cm³/mol. The normalized spacial score (nSPS) is 12.9. The second-order valence-corrected chi connectivity index (χ2v) is 4.06. The minimum Gasteiger partial charge on any atom is -0.386 e. The molecule has 1 N–H and O–H groups in total. The van der Waals surface area contributed by atoms with Crippen LogP contribution in [0.5, 0.6) is 0 Å². The molecule has 1 unspecified atom stereocenters. The maximum atomic E-state index is 10.0. The van der Waals surface area contributed by atoms with E-state index >= 15 is 0 Å². The Morgan fingerprint density at radius 3 is 2.76 bits per heavy atom. The number of nitrogens with zero attached hydrogens (tertiary/aromatic N) is 5. The van der Waals surface area contributed by atoms with Gasteiger partial charge in [0.15, 0.2) is 0 Å². The second kappa shape index (κ2) is 5.01. The van der Waals surface area contributed by atoms with Crippen LogP contribution in [0.2, 0.25) is 0 Å². The molecule has 2 aromatic heterocycles. The monoisotopic (exact) mass is 233 g/mol. The van der Waals surface area contributed by atoms with E-state index in [1.165, 1.54) is 6.33 Å². The van der Waals surface area contributed by atoms with Gasteiger partial charge < -0.3 is 5.11 Å². The highest BCUT2D eigenvalue weighted by Gasteiger charge is 2.15. The summed E-state index contributed by atoms with van der Waals surface area (Å²) in [5, 5.41) is 14.1. The molecule has 2 aromatic rings. The van der Waals surface area contributed by atoms with Crippen LogP contribution in [0.25, 0.3) is 0 Å². The van der Waals surface area contributed by atoms with Crippen LogP contribution in [0.15, 0.2) is 24.9 Å². The molecule has 0 bridgehead atoms. The number of rotatable bonds is 4. The van der Waals surface area contributed by atoms with Crippen molar-refractivity contribution in [2.45, 2.75) is 32.4 Å². The molecule has 0 amide bonds. The summed E-state index contributed by atoms with van der Waals surface area (Å²) in [7, 11) is 0. The lowest BCUT2D eigenvalue weighted by atomic mass is 10.2. The zero-order valence-electron chi connectivity index (χ0n) is 9.85. The lowest BCUT2D eigenvalue weighted by molar-refractivity contribution is 0.168. The fourth-order valence-corrected chi connectivity index (χ4v) is 1.61. The fraction of sp³-hybridized carbons (Fsp3) is 0.455. The third kappa shape index (κ3) is 2.65. The topological polar surface area (TPSA) is 76.7 Å². The van der Waals surface area contributed by atoms with Crippen molar-refractivity contribution in [3.8, 4) is 0 Å². The van der Waals surface area contributed by atoms with Gasteiger partial charge in [-0.2, -0.15) is 5.10 Å². The summed E-state index contributed by atoms with van der Waals surface area (Å²) < 4.78 is 1.79. The van der Waals surface area contributed by atoms with Gasteiger partial charge in [-0.25, -0.2) is 9.67 Å². The van der Waals surface area contributed by atoms with Crippen LogP contribution in [-0.2, 0) is 6.42 Å². The van der Waals surface area contributed by atoms with Gasteiger partial charge in [-0.05, 0) is 13.8 Å². The van der Waals surface area contributed by atoms with E-state index in [1.54, 1.807) is 23.3 Å². The van der Waals surface area contributed by atoms with E-state index in [0.717, 1.165) is 5.82 Å². The number of aromatic nitrogens is 5. The van der Waals surface area contributed by atoms with Gasteiger partial charge in [-0.15, -0.1) is 0 Å². The molecule has 0 saturated heterocycles. The zero-order valence-corrected chi connectivity index (χ0v) is 9.85. The smallest absolute Gasteiger partial charge is 0.138 e. The van der Waals surface area contributed by atoms with Gasteiger partial charge in [0.25, 0.3) is 0 Å². The Bertz CT molecular complexity index is 468. The van der Waals surface area contributed by atoms with E-state index in [0.29, 0.717) is 12.1 Å². The van der Waals surface area contributed by atoms with Crippen LogP contribution in [0.3, 0.4) is 0 Å². The molecule has 0 saturated carbocycles. The molecule has 6 nitrogen and oxygen atoms in total. The first kappa shape index (κ1) is 11.7.